The molecule has 6 heteroatoms. The molecule has 1 aromatic carbocycles. The van der Waals surface area contributed by atoms with Gasteiger partial charge in [0.15, 0.2) is 0 Å². The SMILES string of the molecule is COCC1CCCN(C(=O)C(=O)Nc2ccc(C)cc2Cl)C1. The number of nitrogens with zero attached hydrogens (tertiary/aromatic N) is 1. The smallest absolute Gasteiger partial charge is 0.313 e. The minimum atomic E-state index is -0.649. The lowest BCUT2D eigenvalue weighted by molar-refractivity contribution is -0.144. The molecular formula is C16H21ClN2O3. The standard InChI is InChI=1S/C16H21ClN2O3/c1-11-5-6-14(13(17)8-11)18-15(20)16(21)19-7-3-4-12(9-19)10-22-2/h5-6,8,12H,3-4,7,9-10H2,1-2H3,(H,18,20). The van der Waals surface area contributed by atoms with E-state index >= 15 is 0 Å². The predicted molar refractivity (Wildman–Crippen MR) is 86.0 cm³/mol. The molecule has 1 aliphatic rings. The molecule has 1 aromatic rings. The minimum Gasteiger partial charge on any atom is -0.384 e. The largest absolute Gasteiger partial charge is 0.384 e. The molecule has 1 aliphatic heterocycles. The third-order valence-corrected chi connectivity index (χ3v) is 4.09. The second-order valence-corrected chi connectivity index (χ2v) is 6.06. The van der Waals surface area contributed by atoms with Crippen molar-refractivity contribution in [2.45, 2.75) is 19.8 Å². The van der Waals surface area contributed by atoms with Crippen LogP contribution >= 0.6 is 11.6 Å². The lowest BCUT2D eigenvalue weighted by Gasteiger charge is -2.31. The van der Waals surface area contributed by atoms with Crippen molar-refractivity contribution in [1.82, 2.24) is 4.90 Å². The van der Waals surface area contributed by atoms with Crippen molar-refractivity contribution in [2.24, 2.45) is 5.92 Å². The molecule has 0 bridgehead atoms. The fourth-order valence-corrected chi connectivity index (χ4v) is 2.94. The number of hydrogen-bond acceptors (Lipinski definition) is 3. The summed E-state index contributed by atoms with van der Waals surface area (Å²) in [4.78, 5) is 26.0. The zero-order chi connectivity index (χ0) is 16.1. The second-order valence-electron chi connectivity index (χ2n) is 5.65. The Morgan fingerprint density at radius 2 is 2.23 bits per heavy atom. The topological polar surface area (TPSA) is 58.6 Å². The first-order valence-corrected chi connectivity index (χ1v) is 7.74. The second kappa shape index (κ2) is 7.61. The zero-order valence-corrected chi connectivity index (χ0v) is 13.7. The molecule has 0 aromatic heterocycles. The van der Waals surface area contributed by atoms with Crippen LogP contribution < -0.4 is 5.32 Å². The molecule has 1 atom stereocenters. The molecule has 0 saturated carbocycles. The summed E-state index contributed by atoms with van der Waals surface area (Å²) in [5.74, 6) is -0.875. The van der Waals surface area contributed by atoms with Crippen molar-refractivity contribution >= 4 is 29.1 Å². The van der Waals surface area contributed by atoms with Gasteiger partial charge in [-0.25, -0.2) is 0 Å². The summed E-state index contributed by atoms with van der Waals surface area (Å²) in [6.07, 6.45) is 1.90. The van der Waals surface area contributed by atoms with Gasteiger partial charge in [0.2, 0.25) is 0 Å². The Morgan fingerprint density at radius 3 is 2.91 bits per heavy atom. The van der Waals surface area contributed by atoms with E-state index in [1.54, 1.807) is 24.1 Å². The van der Waals surface area contributed by atoms with Crippen LogP contribution in [0.25, 0.3) is 0 Å². The van der Waals surface area contributed by atoms with E-state index in [1.807, 2.05) is 13.0 Å². The number of likely N-dealkylation sites (tertiary alicyclic amines) is 1. The van der Waals surface area contributed by atoms with Crippen molar-refractivity contribution < 1.29 is 14.3 Å². The molecule has 0 aliphatic carbocycles. The molecule has 0 spiro atoms. The summed E-state index contributed by atoms with van der Waals surface area (Å²) in [6, 6.07) is 5.28. The molecule has 0 radical (unpaired) electrons. The maximum absolute atomic E-state index is 12.3. The van der Waals surface area contributed by atoms with Gasteiger partial charge < -0.3 is 15.0 Å². The molecule has 2 rings (SSSR count). The molecule has 1 saturated heterocycles. The van der Waals surface area contributed by atoms with Crippen molar-refractivity contribution in [2.75, 3.05) is 32.1 Å². The molecule has 1 unspecified atom stereocenters. The lowest BCUT2D eigenvalue weighted by Crippen LogP contribution is -2.46. The van der Waals surface area contributed by atoms with Crippen LogP contribution in [0.4, 0.5) is 5.69 Å². The van der Waals surface area contributed by atoms with E-state index in [-0.39, 0.29) is 0 Å². The van der Waals surface area contributed by atoms with Gasteiger partial charge in [0, 0.05) is 20.2 Å². The molecular weight excluding hydrogens is 304 g/mol. The average molecular weight is 325 g/mol. The number of ether oxygens (including phenoxy) is 1. The maximum atomic E-state index is 12.3. The van der Waals surface area contributed by atoms with Crippen LogP contribution in [0.15, 0.2) is 18.2 Å². The average Bonchev–Trinajstić information content (AvgIpc) is 2.50. The first kappa shape index (κ1) is 16.8. The number of rotatable bonds is 3. The highest BCUT2D eigenvalue weighted by Gasteiger charge is 2.28. The normalized spacial score (nSPS) is 18.1. The Labute approximate surface area is 135 Å². The highest BCUT2D eigenvalue weighted by Crippen LogP contribution is 2.23. The van der Waals surface area contributed by atoms with Gasteiger partial charge in [-0.05, 0) is 43.4 Å². The number of aryl methyl sites for hydroxylation is 1. The first-order valence-electron chi connectivity index (χ1n) is 7.36. The number of amides is 2. The highest BCUT2D eigenvalue weighted by molar-refractivity contribution is 6.41. The predicted octanol–water partition coefficient (Wildman–Crippen LogP) is 2.47. The number of halogens is 1. The number of piperidine rings is 1. The Hall–Kier alpha value is -1.59. The van der Waals surface area contributed by atoms with E-state index in [2.05, 4.69) is 5.32 Å². The Bertz CT molecular complexity index is 560. The summed E-state index contributed by atoms with van der Waals surface area (Å²) in [7, 11) is 1.65. The van der Waals surface area contributed by atoms with E-state index in [0.717, 1.165) is 18.4 Å². The van der Waals surface area contributed by atoms with Gasteiger partial charge in [0.25, 0.3) is 0 Å². The number of carbonyl (C=O) groups excluding carboxylic acids is 2. The zero-order valence-electron chi connectivity index (χ0n) is 12.9. The first-order chi connectivity index (χ1) is 10.5. The Morgan fingerprint density at radius 1 is 1.45 bits per heavy atom. The van der Waals surface area contributed by atoms with E-state index in [0.29, 0.717) is 36.3 Å². The molecule has 1 fully saturated rings. The van der Waals surface area contributed by atoms with Crippen LogP contribution in [-0.2, 0) is 14.3 Å². The van der Waals surface area contributed by atoms with Gasteiger partial charge in [-0.2, -0.15) is 0 Å². The lowest BCUT2D eigenvalue weighted by atomic mass is 9.99. The number of carbonyl (C=O) groups is 2. The number of nitrogens with one attached hydrogen (secondary N) is 1. The summed E-state index contributed by atoms with van der Waals surface area (Å²) in [5.41, 5.74) is 1.45. The van der Waals surface area contributed by atoms with Gasteiger partial charge >= 0.3 is 11.8 Å². The molecule has 1 heterocycles. The van der Waals surface area contributed by atoms with Crippen LogP contribution in [0.3, 0.4) is 0 Å². The molecule has 22 heavy (non-hydrogen) atoms. The third-order valence-electron chi connectivity index (χ3n) is 3.78. The third kappa shape index (κ3) is 4.21. The van der Waals surface area contributed by atoms with Gasteiger partial charge in [-0.3, -0.25) is 9.59 Å². The fraction of sp³-hybridized carbons (Fsp3) is 0.500. The fourth-order valence-electron chi connectivity index (χ4n) is 2.66. The van der Waals surface area contributed by atoms with Crippen molar-refractivity contribution in [3.05, 3.63) is 28.8 Å². The van der Waals surface area contributed by atoms with Gasteiger partial charge in [-0.15, -0.1) is 0 Å². The Balaban J connectivity index is 1.98. The number of benzene rings is 1. The van der Waals surface area contributed by atoms with Crippen molar-refractivity contribution in [3.8, 4) is 0 Å². The molecule has 5 nitrogen and oxygen atoms in total. The van der Waals surface area contributed by atoms with Crippen LogP contribution in [0.2, 0.25) is 5.02 Å². The van der Waals surface area contributed by atoms with Gasteiger partial charge in [-0.1, -0.05) is 17.7 Å². The van der Waals surface area contributed by atoms with Crippen molar-refractivity contribution in [3.63, 3.8) is 0 Å². The summed E-state index contributed by atoms with van der Waals surface area (Å²) >= 11 is 6.07. The van der Waals surface area contributed by atoms with E-state index in [9.17, 15) is 9.59 Å². The highest BCUT2D eigenvalue weighted by atomic mass is 35.5. The minimum absolute atomic E-state index is 0.290. The van der Waals surface area contributed by atoms with E-state index in [1.165, 1.54) is 0 Å². The van der Waals surface area contributed by atoms with Gasteiger partial charge in [0.05, 0.1) is 17.3 Å². The van der Waals surface area contributed by atoms with Crippen LogP contribution in [0.5, 0.6) is 0 Å². The van der Waals surface area contributed by atoms with E-state index < -0.39 is 11.8 Å². The molecule has 2 amide bonds. The molecule has 120 valence electrons. The van der Waals surface area contributed by atoms with Crippen LogP contribution in [0.1, 0.15) is 18.4 Å². The monoisotopic (exact) mass is 324 g/mol. The summed E-state index contributed by atoms with van der Waals surface area (Å²) in [6.45, 7) is 3.68. The summed E-state index contributed by atoms with van der Waals surface area (Å²) in [5, 5.41) is 3.02. The van der Waals surface area contributed by atoms with Crippen molar-refractivity contribution in [1.29, 1.82) is 0 Å². The number of anilines is 1. The maximum Gasteiger partial charge on any atom is 0.313 e. The van der Waals surface area contributed by atoms with Gasteiger partial charge in [0.1, 0.15) is 0 Å². The number of methoxy groups -OCH3 is 1. The summed E-state index contributed by atoms with van der Waals surface area (Å²) < 4.78 is 5.14. The number of hydrogen-bond donors (Lipinski definition) is 1. The van der Waals surface area contributed by atoms with Crippen LogP contribution in [0, 0.1) is 12.8 Å². The quantitative estimate of drug-likeness (QED) is 0.869. The Kier molecular flexibility index (Phi) is 5.80. The molecule has 1 N–H and O–H groups in total. The van der Waals surface area contributed by atoms with Crippen LogP contribution in [-0.4, -0.2) is 43.5 Å². The van der Waals surface area contributed by atoms with E-state index in [4.69, 9.17) is 16.3 Å².